The third-order valence-electron chi connectivity index (χ3n) is 3.83. The third-order valence-corrected chi connectivity index (χ3v) is 4.36. The Morgan fingerprint density at radius 3 is 2.48 bits per heavy atom. The summed E-state index contributed by atoms with van der Waals surface area (Å²) in [5.41, 5.74) is 2.97. The predicted octanol–water partition coefficient (Wildman–Crippen LogP) is 4.20. The fourth-order valence-electron chi connectivity index (χ4n) is 2.55. The first kappa shape index (κ1) is 17.2. The van der Waals surface area contributed by atoms with Crippen LogP contribution >= 0.6 is 15.9 Å². The number of carbonyl (C=O) groups excluding carboxylic acids is 1. The van der Waals surface area contributed by atoms with Crippen LogP contribution in [0.25, 0.3) is 16.7 Å². The fraction of sp³-hybridized carbons (Fsp3) is 0.0500. The maximum Gasteiger partial charge on any atom is 0.262 e. The standard InChI is InChI=1S/C20H15BrN4O2/c21-14-6-9-17(10-7-14)27-13-20(26)22-15-8-11-18-19(12-15)24-25(23-18)16-4-2-1-3-5-16/h1-12H,13H2,(H,22,26). The van der Waals surface area contributed by atoms with E-state index in [2.05, 4.69) is 31.4 Å². The molecule has 0 aliphatic rings. The van der Waals surface area contributed by atoms with E-state index in [-0.39, 0.29) is 12.5 Å². The molecule has 134 valence electrons. The van der Waals surface area contributed by atoms with Crippen molar-refractivity contribution in [2.24, 2.45) is 0 Å². The summed E-state index contributed by atoms with van der Waals surface area (Å²) in [5.74, 6) is 0.391. The number of aromatic nitrogens is 3. The molecule has 0 unspecified atom stereocenters. The summed E-state index contributed by atoms with van der Waals surface area (Å²) in [7, 11) is 0. The molecule has 0 spiro atoms. The molecule has 0 radical (unpaired) electrons. The average Bonchev–Trinajstić information content (AvgIpc) is 3.12. The summed E-state index contributed by atoms with van der Waals surface area (Å²) < 4.78 is 6.43. The van der Waals surface area contributed by atoms with E-state index >= 15 is 0 Å². The van der Waals surface area contributed by atoms with Gasteiger partial charge in [0, 0.05) is 10.2 Å². The zero-order valence-electron chi connectivity index (χ0n) is 14.2. The van der Waals surface area contributed by atoms with E-state index in [0.717, 1.165) is 15.7 Å². The monoisotopic (exact) mass is 422 g/mol. The molecular formula is C20H15BrN4O2. The third kappa shape index (κ3) is 4.15. The number of hydrogen-bond donors (Lipinski definition) is 1. The fourth-order valence-corrected chi connectivity index (χ4v) is 2.81. The van der Waals surface area contributed by atoms with Gasteiger partial charge in [-0.15, -0.1) is 10.2 Å². The molecule has 1 amide bonds. The van der Waals surface area contributed by atoms with E-state index in [0.29, 0.717) is 17.0 Å². The molecule has 6 nitrogen and oxygen atoms in total. The molecule has 3 aromatic carbocycles. The highest BCUT2D eigenvalue weighted by Crippen LogP contribution is 2.18. The van der Waals surface area contributed by atoms with Crippen LogP contribution in [0.1, 0.15) is 0 Å². The van der Waals surface area contributed by atoms with Crippen molar-refractivity contribution in [3.8, 4) is 11.4 Å². The Hall–Kier alpha value is -3.19. The van der Waals surface area contributed by atoms with E-state index in [1.165, 1.54) is 0 Å². The molecule has 0 saturated carbocycles. The van der Waals surface area contributed by atoms with Crippen LogP contribution in [0.4, 0.5) is 5.69 Å². The number of hydrogen-bond acceptors (Lipinski definition) is 4. The van der Waals surface area contributed by atoms with Crippen molar-refractivity contribution in [2.75, 3.05) is 11.9 Å². The van der Waals surface area contributed by atoms with Crippen molar-refractivity contribution < 1.29 is 9.53 Å². The van der Waals surface area contributed by atoms with Gasteiger partial charge in [0.1, 0.15) is 16.8 Å². The number of halogens is 1. The second-order valence-corrected chi connectivity index (χ2v) is 6.73. The smallest absolute Gasteiger partial charge is 0.262 e. The first-order chi connectivity index (χ1) is 13.2. The number of rotatable bonds is 5. The van der Waals surface area contributed by atoms with Crippen LogP contribution in [0.15, 0.2) is 77.3 Å². The zero-order valence-corrected chi connectivity index (χ0v) is 15.8. The Balaban J connectivity index is 1.44. The molecule has 1 heterocycles. The average molecular weight is 423 g/mol. The van der Waals surface area contributed by atoms with Crippen molar-refractivity contribution in [1.29, 1.82) is 0 Å². The van der Waals surface area contributed by atoms with Crippen molar-refractivity contribution >= 4 is 38.6 Å². The van der Waals surface area contributed by atoms with E-state index < -0.39 is 0 Å². The first-order valence-electron chi connectivity index (χ1n) is 8.28. The minimum absolute atomic E-state index is 0.0730. The Bertz CT molecular complexity index is 1080. The van der Waals surface area contributed by atoms with Crippen molar-refractivity contribution in [1.82, 2.24) is 15.0 Å². The number of nitrogens with zero attached hydrogens (tertiary/aromatic N) is 3. The summed E-state index contributed by atoms with van der Waals surface area (Å²) in [6.07, 6.45) is 0. The zero-order chi connectivity index (χ0) is 18.6. The van der Waals surface area contributed by atoms with Gasteiger partial charge in [0.05, 0.1) is 5.69 Å². The highest BCUT2D eigenvalue weighted by Gasteiger charge is 2.08. The van der Waals surface area contributed by atoms with Crippen LogP contribution in [0, 0.1) is 0 Å². The number of nitrogens with one attached hydrogen (secondary N) is 1. The minimum atomic E-state index is -0.243. The van der Waals surface area contributed by atoms with Gasteiger partial charge in [0.15, 0.2) is 6.61 Å². The normalized spacial score (nSPS) is 10.7. The van der Waals surface area contributed by atoms with Crippen molar-refractivity contribution in [3.05, 3.63) is 77.3 Å². The van der Waals surface area contributed by atoms with Crippen molar-refractivity contribution in [3.63, 3.8) is 0 Å². The second-order valence-electron chi connectivity index (χ2n) is 5.82. The first-order valence-corrected chi connectivity index (χ1v) is 9.07. The van der Waals surface area contributed by atoms with Gasteiger partial charge < -0.3 is 10.1 Å². The van der Waals surface area contributed by atoms with Crippen LogP contribution in [0.2, 0.25) is 0 Å². The molecule has 0 saturated heterocycles. The molecule has 7 heteroatoms. The number of fused-ring (bicyclic) bond motifs is 1. The largest absolute Gasteiger partial charge is 0.484 e. The molecule has 1 aromatic heterocycles. The van der Waals surface area contributed by atoms with E-state index in [1.807, 2.05) is 48.5 Å². The van der Waals surface area contributed by atoms with E-state index in [9.17, 15) is 4.79 Å². The lowest BCUT2D eigenvalue weighted by Crippen LogP contribution is -2.20. The van der Waals surface area contributed by atoms with Gasteiger partial charge in [-0.25, -0.2) is 0 Å². The lowest BCUT2D eigenvalue weighted by atomic mass is 10.3. The number of amides is 1. The van der Waals surface area contributed by atoms with E-state index in [4.69, 9.17) is 4.74 Å². The van der Waals surface area contributed by atoms with Gasteiger partial charge in [-0.3, -0.25) is 4.79 Å². The highest BCUT2D eigenvalue weighted by atomic mass is 79.9. The minimum Gasteiger partial charge on any atom is -0.484 e. The Morgan fingerprint density at radius 2 is 1.70 bits per heavy atom. The van der Waals surface area contributed by atoms with Crippen molar-refractivity contribution in [2.45, 2.75) is 0 Å². The Morgan fingerprint density at radius 1 is 0.963 bits per heavy atom. The Kier molecular flexibility index (Phi) is 4.84. The summed E-state index contributed by atoms with van der Waals surface area (Å²) >= 11 is 3.36. The van der Waals surface area contributed by atoms with Crippen LogP contribution < -0.4 is 10.1 Å². The quantitative estimate of drug-likeness (QED) is 0.523. The van der Waals surface area contributed by atoms with Crippen LogP contribution in [0.5, 0.6) is 5.75 Å². The molecular weight excluding hydrogens is 408 g/mol. The number of ether oxygens (including phenoxy) is 1. The van der Waals surface area contributed by atoms with E-state index in [1.54, 1.807) is 29.1 Å². The van der Waals surface area contributed by atoms with Gasteiger partial charge in [0.2, 0.25) is 0 Å². The molecule has 0 fully saturated rings. The molecule has 4 rings (SSSR count). The number of anilines is 1. The van der Waals surface area contributed by atoms with Gasteiger partial charge in [-0.2, -0.15) is 4.80 Å². The molecule has 1 N–H and O–H groups in total. The topological polar surface area (TPSA) is 69.0 Å². The van der Waals surface area contributed by atoms with Gasteiger partial charge in [-0.1, -0.05) is 34.1 Å². The number of benzene rings is 3. The summed E-state index contributed by atoms with van der Waals surface area (Å²) in [5, 5.41) is 11.7. The van der Waals surface area contributed by atoms with Gasteiger partial charge >= 0.3 is 0 Å². The molecule has 0 atom stereocenters. The van der Waals surface area contributed by atoms with Crippen LogP contribution in [0.3, 0.4) is 0 Å². The summed E-state index contributed by atoms with van der Waals surface area (Å²) in [6.45, 7) is -0.0730. The maximum absolute atomic E-state index is 12.1. The maximum atomic E-state index is 12.1. The van der Waals surface area contributed by atoms with Gasteiger partial charge in [-0.05, 0) is 54.6 Å². The molecule has 0 bridgehead atoms. The number of carbonyl (C=O) groups is 1. The lowest BCUT2D eigenvalue weighted by molar-refractivity contribution is -0.118. The van der Waals surface area contributed by atoms with Crippen LogP contribution in [-0.4, -0.2) is 27.5 Å². The molecule has 0 aliphatic carbocycles. The lowest BCUT2D eigenvalue weighted by Gasteiger charge is -2.07. The second kappa shape index (κ2) is 7.59. The SMILES string of the molecule is O=C(COc1ccc(Br)cc1)Nc1ccc2nn(-c3ccccc3)nc2c1. The molecule has 0 aliphatic heterocycles. The highest BCUT2D eigenvalue weighted by molar-refractivity contribution is 9.10. The van der Waals surface area contributed by atoms with Crippen LogP contribution in [-0.2, 0) is 4.79 Å². The van der Waals surface area contributed by atoms with Gasteiger partial charge in [0.25, 0.3) is 5.91 Å². The number of para-hydroxylation sites is 1. The Labute approximate surface area is 163 Å². The summed E-state index contributed by atoms with van der Waals surface area (Å²) in [6, 6.07) is 22.4. The molecule has 27 heavy (non-hydrogen) atoms. The molecule has 4 aromatic rings. The summed E-state index contributed by atoms with van der Waals surface area (Å²) in [4.78, 5) is 13.7. The predicted molar refractivity (Wildman–Crippen MR) is 107 cm³/mol.